The van der Waals surface area contributed by atoms with E-state index in [0.29, 0.717) is 17.2 Å². The SMILES string of the molecule is CC(C)(C)c1ccccc1Oc1ncccc1NC1=NC2CCN(Cc3ccncc3)CC2S1. The van der Waals surface area contributed by atoms with Crippen LogP contribution in [-0.2, 0) is 12.0 Å². The summed E-state index contributed by atoms with van der Waals surface area (Å²) in [7, 11) is 0. The molecule has 3 aromatic rings. The third-order valence-corrected chi connectivity index (χ3v) is 7.42. The zero-order valence-electron chi connectivity index (χ0n) is 19.9. The molecule has 2 unspecified atom stereocenters. The molecule has 2 aliphatic rings. The Morgan fingerprint density at radius 3 is 2.71 bits per heavy atom. The number of nitrogens with one attached hydrogen (secondary N) is 1. The Kier molecular flexibility index (Phi) is 6.57. The van der Waals surface area contributed by atoms with Crippen LogP contribution in [0.25, 0.3) is 0 Å². The smallest absolute Gasteiger partial charge is 0.243 e. The van der Waals surface area contributed by atoms with E-state index in [1.54, 1.807) is 6.20 Å². The van der Waals surface area contributed by atoms with Crippen molar-refractivity contribution in [3.05, 3.63) is 78.2 Å². The van der Waals surface area contributed by atoms with Crippen LogP contribution in [-0.4, -0.2) is 44.4 Å². The minimum absolute atomic E-state index is 0.0256. The fourth-order valence-electron chi connectivity index (χ4n) is 4.47. The fourth-order valence-corrected chi connectivity index (χ4v) is 5.76. The van der Waals surface area contributed by atoms with E-state index in [9.17, 15) is 0 Å². The number of thioether (sulfide) groups is 1. The Balaban J connectivity index is 1.26. The number of ether oxygens (including phenoxy) is 1. The summed E-state index contributed by atoms with van der Waals surface area (Å²) in [6.07, 6.45) is 6.57. The summed E-state index contributed by atoms with van der Waals surface area (Å²) in [5.74, 6) is 1.40. The monoisotopic (exact) mass is 473 g/mol. The number of rotatable bonds is 5. The van der Waals surface area contributed by atoms with Crippen LogP contribution in [0.1, 0.15) is 38.3 Å². The first-order valence-corrected chi connectivity index (χ1v) is 12.7. The maximum atomic E-state index is 6.33. The first-order chi connectivity index (χ1) is 16.5. The number of anilines is 1. The van der Waals surface area contributed by atoms with E-state index >= 15 is 0 Å². The van der Waals surface area contributed by atoms with Crippen LogP contribution in [0.3, 0.4) is 0 Å². The van der Waals surface area contributed by atoms with Gasteiger partial charge in [0.15, 0.2) is 5.17 Å². The highest BCUT2D eigenvalue weighted by Gasteiger charge is 2.35. The van der Waals surface area contributed by atoms with Crippen LogP contribution < -0.4 is 10.1 Å². The molecule has 6 nitrogen and oxygen atoms in total. The van der Waals surface area contributed by atoms with E-state index in [1.165, 1.54) is 5.56 Å². The number of likely N-dealkylation sites (tertiary alicyclic amines) is 1. The molecule has 4 heterocycles. The number of fused-ring (bicyclic) bond motifs is 1. The molecule has 0 amide bonds. The second-order valence-corrected chi connectivity index (χ2v) is 11.1. The third kappa shape index (κ3) is 5.26. The van der Waals surface area contributed by atoms with Crippen molar-refractivity contribution in [2.75, 3.05) is 18.4 Å². The van der Waals surface area contributed by atoms with Gasteiger partial charge in [-0.15, -0.1) is 0 Å². The van der Waals surface area contributed by atoms with Gasteiger partial charge in [0.05, 0.1) is 6.04 Å². The molecule has 0 saturated carbocycles. The van der Waals surface area contributed by atoms with Crippen molar-refractivity contribution in [1.82, 2.24) is 14.9 Å². The number of hydrogen-bond donors (Lipinski definition) is 1. The molecule has 5 rings (SSSR count). The van der Waals surface area contributed by atoms with Crippen LogP contribution in [0.5, 0.6) is 11.6 Å². The Morgan fingerprint density at radius 2 is 1.88 bits per heavy atom. The number of hydrogen-bond acceptors (Lipinski definition) is 7. The molecule has 1 saturated heterocycles. The van der Waals surface area contributed by atoms with Gasteiger partial charge in [-0.05, 0) is 47.7 Å². The van der Waals surface area contributed by atoms with Crippen molar-refractivity contribution in [2.24, 2.45) is 4.99 Å². The van der Waals surface area contributed by atoms with Crippen molar-refractivity contribution >= 4 is 22.6 Å². The topological polar surface area (TPSA) is 62.6 Å². The molecule has 1 fully saturated rings. The predicted octanol–water partition coefficient (Wildman–Crippen LogP) is 5.72. The summed E-state index contributed by atoms with van der Waals surface area (Å²) in [6, 6.07) is 16.6. The molecule has 0 spiro atoms. The van der Waals surface area contributed by atoms with E-state index in [0.717, 1.165) is 48.2 Å². The van der Waals surface area contributed by atoms with Gasteiger partial charge in [-0.1, -0.05) is 50.7 Å². The molecule has 0 aliphatic carbocycles. The normalized spacial score (nSPS) is 20.5. The molecule has 0 radical (unpaired) electrons. The van der Waals surface area contributed by atoms with E-state index < -0.39 is 0 Å². The second-order valence-electron chi connectivity index (χ2n) is 9.87. The summed E-state index contributed by atoms with van der Waals surface area (Å²) in [5, 5.41) is 4.91. The Labute approximate surface area is 205 Å². The quantitative estimate of drug-likeness (QED) is 0.511. The number of nitrogens with zero attached hydrogens (tertiary/aromatic N) is 4. The minimum atomic E-state index is -0.0256. The van der Waals surface area contributed by atoms with Crippen molar-refractivity contribution in [3.8, 4) is 11.6 Å². The molecule has 2 aliphatic heterocycles. The summed E-state index contributed by atoms with van der Waals surface area (Å²) in [6.45, 7) is 9.62. The molecule has 2 aromatic heterocycles. The molecule has 7 heteroatoms. The molecule has 176 valence electrons. The largest absolute Gasteiger partial charge is 0.437 e. The second kappa shape index (κ2) is 9.76. The summed E-state index contributed by atoms with van der Waals surface area (Å²) in [5.41, 5.74) is 3.27. The Morgan fingerprint density at radius 1 is 1.06 bits per heavy atom. The number of aromatic nitrogens is 2. The first-order valence-electron chi connectivity index (χ1n) is 11.8. The third-order valence-electron chi connectivity index (χ3n) is 6.22. The van der Waals surface area contributed by atoms with E-state index in [2.05, 4.69) is 65.2 Å². The number of piperidine rings is 1. The van der Waals surface area contributed by atoms with Gasteiger partial charge in [-0.3, -0.25) is 14.9 Å². The molecule has 34 heavy (non-hydrogen) atoms. The molecule has 2 atom stereocenters. The van der Waals surface area contributed by atoms with Gasteiger partial charge < -0.3 is 10.1 Å². The number of amidine groups is 1. The van der Waals surface area contributed by atoms with Gasteiger partial charge in [-0.25, -0.2) is 4.98 Å². The van der Waals surface area contributed by atoms with E-state index in [-0.39, 0.29) is 5.41 Å². The van der Waals surface area contributed by atoms with Gasteiger partial charge in [0.1, 0.15) is 11.4 Å². The maximum Gasteiger partial charge on any atom is 0.243 e. The lowest BCUT2D eigenvalue weighted by Crippen LogP contribution is -2.42. The molecule has 1 aromatic carbocycles. The van der Waals surface area contributed by atoms with Crippen molar-refractivity contribution in [2.45, 2.75) is 50.4 Å². The Hall–Kier alpha value is -2.90. The zero-order valence-corrected chi connectivity index (χ0v) is 20.8. The average molecular weight is 474 g/mol. The molecule has 1 N–H and O–H groups in total. The lowest BCUT2D eigenvalue weighted by Gasteiger charge is -2.33. The lowest BCUT2D eigenvalue weighted by molar-refractivity contribution is 0.214. The van der Waals surface area contributed by atoms with Crippen molar-refractivity contribution in [1.29, 1.82) is 0 Å². The number of pyridine rings is 2. The van der Waals surface area contributed by atoms with Gasteiger partial charge in [0, 0.05) is 49.0 Å². The van der Waals surface area contributed by atoms with Crippen LogP contribution in [0, 0.1) is 0 Å². The standard InChI is InChI=1S/C27H31N5OS/c1-27(2,3)20-7-4-5-9-23(20)33-25-22(8-6-13-29-25)31-26-30-21-12-16-32(18-24(21)34-26)17-19-10-14-28-15-11-19/h4-11,13-15,21,24H,12,16-18H2,1-3H3,(H,30,31). The highest BCUT2D eigenvalue weighted by Crippen LogP contribution is 2.38. The molecular formula is C27H31N5OS. The highest BCUT2D eigenvalue weighted by molar-refractivity contribution is 8.15. The van der Waals surface area contributed by atoms with Gasteiger partial charge >= 0.3 is 0 Å². The minimum Gasteiger partial charge on any atom is -0.437 e. The summed E-state index contributed by atoms with van der Waals surface area (Å²) >= 11 is 1.83. The summed E-state index contributed by atoms with van der Waals surface area (Å²) < 4.78 is 6.33. The van der Waals surface area contributed by atoms with Crippen LogP contribution in [0.4, 0.5) is 5.69 Å². The van der Waals surface area contributed by atoms with E-state index in [4.69, 9.17) is 9.73 Å². The maximum absolute atomic E-state index is 6.33. The Bertz CT molecular complexity index is 1160. The highest BCUT2D eigenvalue weighted by atomic mass is 32.2. The van der Waals surface area contributed by atoms with Gasteiger partial charge in [0.2, 0.25) is 5.88 Å². The molecular weight excluding hydrogens is 442 g/mol. The molecule has 0 bridgehead atoms. The average Bonchev–Trinajstić information content (AvgIpc) is 3.22. The van der Waals surface area contributed by atoms with Crippen LogP contribution in [0.2, 0.25) is 0 Å². The first kappa shape index (κ1) is 22.9. The summed E-state index contributed by atoms with van der Waals surface area (Å²) in [4.78, 5) is 16.2. The number of aliphatic imine (C=N–C) groups is 1. The van der Waals surface area contributed by atoms with Gasteiger partial charge in [0.25, 0.3) is 0 Å². The van der Waals surface area contributed by atoms with Gasteiger partial charge in [-0.2, -0.15) is 0 Å². The number of para-hydroxylation sites is 1. The lowest BCUT2D eigenvalue weighted by atomic mass is 9.86. The van der Waals surface area contributed by atoms with Crippen LogP contribution in [0.15, 0.2) is 72.1 Å². The zero-order chi connectivity index (χ0) is 23.5. The van der Waals surface area contributed by atoms with Crippen molar-refractivity contribution in [3.63, 3.8) is 0 Å². The van der Waals surface area contributed by atoms with Crippen LogP contribution >= 0.6 is 11.8 Å². The van der Waals surface area contributed by atoms with Crippen molar-refractivity contribution < 1.29 is 4.74 Å². The number of benzene rings is 1. The van der Waals surface area contributed by atoms with E-state index in [1.807, 2.05) is 48.4 Å². The fraction of sp³-hybridized carbons (Fsp3) is 0.370. The predicted molar refractivity (Wildman–Crippen MR) is 140 cm³/mol.